The number of hydrogen-bond acceptors (Lipinski definition) is 5. The second-order valence-corrected chi connectivity index (χ2v) is 7.81. The molecule has 5 rings (SSSR count). The standard InChI is InChI=1S/C21H20N4S/c1-3-7-15-14(2)21-24(17-9-5-4-8-16(15)17)18-12-22-13-23-20(18)25(21)19-10-6-11-26-19/h3-6,8-15,21H,1,7H2,2H3. The van der Waals surface area contributed by atoms with E-state index in [4.69, 9.17) is 0 Å². The third kappa shape index (κ3) is 2.07. The number of nitrogens with zero attached hydrogens (tertiary/aromatic N) is 4. The lowest BCUT2D eigenvalue weighted by Crippen LogP contribution is -2.48. The van der Waals surface area contributed by atoms with E-state index in [9.17, 15) is 0 Å². The van der Waals surface area contributed by atoms with Crippen LogP contribution in [0.4, 0.5) is 22.2 Å². The Morgan fingerprint density at radius 3 is 2.85 bits per heavy atom. The van der Waals surface area contributed by atoms with E-state index >= 15 is 0 Å². The van der Waals surface area contributed by atoms with Gasteiger partial charge in [-0.25, -0.2) is 9.97 Å². The Morgan fingerprint density at radius 2 is 2.04 bits per heavy atom. The highest BCUT2D eigenvalue weighted by Gasteiger charge is 2.48. The van der Waals surface area contributed by atoms with Crippen molar-refractivity contribution in [2.45, 2.75) is 25.4 Å². The molecule has 1 aromatic carbocycles. The lowest BCUT2D eigenvalue weighted by Gasteiger charge is -2.45. The van der Waals surface area contributed by atoms with Crippen molar-refractivity contribution in [3.63, 3.8) is 0 Å². The van der Waals surface area contributed by atoms with Gasteiger partial charge in [0.25, 0.3) is 0 Å². The number of thiophene rings is 1. The highest BCUT2D eigenvalue weighted by molar-refractivity contribution is 7.14. The Balaban J connectivity index is 1.76. The number of rotatable bonds is 3. The molecule has 2 aliphatic heterocycles. The molecule has 3 atom stereocenters. The van der Waals surface area contributed by atoms with Crippen LogP contribution in [0.1, 0.15) is 24.8 Å². The molecule has 0 aliphatic carbocycles. The van der Waals surface area contributed by atoms with Crippen LogP contribution >= 0.6 is 11.3 Å². The molecular weight excluding hydrogens is 340 g/mol. The maximum absolute atomic E-state index is 4.66. The van der Waals surface area contributed by atoms with Crippen molar-refractivity contribution in [1.29, 1.82) is 0 Å². The van der Waals surface area contributed by atoms with Crippen molar-refractivity contribution in [3.05, 3.63) is 72.5 Å². The van der Waals surface area contributed by atoms with E-state index in [-0.39, 0.29) is 6.17 Å². The Kier molecular flexibility index (Phi) is 3.57. The van der Waals surface area contributed by atoms with Gasteiger partial charge < -0.3 is 4.90 Å². The van der Waals surface area contributed by atoms with Gasteiger partial charge in [-0.3, -0.25) is 4.90 Å². The Morgan fingerprint density at radius 1 is 1.15 bits per heavy atom. The van der Waals surface area contributed by atoms with Crippen LogP contribution < -0.4 is 9.80 Å². The minimum absolute atomic E-state index is 0.195. The van der Waals surface area contributed by atoms with Crippen LogP contribution in [0.2, 0.25) is 0 Å². The van der Waals surface area contributed by atoms with E-state index in [1.165, 1.54) is 16.3 Å². The molecule has 0 saturated carbocycles. The van der Waals surface area contributed by atoms with Crippen LogP contribution in [0, 0.1) is 5.92 Å². The third-order valence-electron chi connectivity index (χ3n) is 5.55. The third-order valence-corrected chi connectivity index (χ3v) is 6.42. The molecule has 5 heteroatoms. The van der Waals surface area contributed by atoms with Crippen molar-refractivity contribution in [1.82, 2.24) is 9.97 Å². The van der Waals surface area contributed by atoms with Gasteiger partial charge in [0.2, 0.25) is 0 Å². The van der Waals surface area contributed by atoms with E-state index in [2.05, 4.69) is 75.0 Å². The second-order valence-electron chi connectivity index (χ2n) is 6.89. The van der Waals surface area contributed by atoms with Gasteiger partial charge in [-0.05, 0) is 41.5 Å². The smallest absolute Gasteiger partial charge is 0.162 e. The molecule has 26 heavy (non-hydrogen) atoms. The second kappa shape index (κ2) is 5.95. The number of hydrogen-bond donors (Lipinski definition) is 0. The van der Waals surface area contributed by atoms with Crippen molar-refractivity contribution in [2.75, 3.05) is 9.80 Å². The molecule has 2 aliphatic rings. The topological polar surface area (TPSA) is 32.3 Å². The first-order chi connectivity index (χ1) is 12.8. The zero-order valence-corrected chi connectivity index (χ0v) is 15.4. The molecule has 0 fully saturated rings. The zero-order valence-electron chi connectivity index (χ0n) is 14.6. The summed E-state index contributed by atoms with van der Waals surface area (Å²) in [5, 5.41) is 3.35. The van der Waals surface area contributed by atoms with Crippen molar-refractivity contribution < 1.29 is 0 Å². The predicted molar refractivity (Wildman–Crippen MR) is 108 cm³/mol. The largest absolute Gasteiger partial charge is 0.315 e. The molecule has 0 radical (unpaired) electrons. The quantitative estimate of drug-likeness (QED) is 0.580. The van der Waals surface area contributed by atoms with Gasteiger partial charge in [-0.1, -0.05) is 31.2 Å². The highest BCUT2D eigenvalue weighted by atomic mass is 32.1. The van der Waals surface area contributed by atoms with Crippen molar-refractivity contribution in [2.24, 2.45) is 5.92 Å². The summed E-state index contributed by atoms with van der Waals surface area (Å²) in [6.07, 6.45) is 6.81. The van der Waals surface area contributed by atoms with Crippen LogP contribution in [0.3, 0.4) is 0 Å². The number of fused-ring (bicyclic) bond motifs is 5. The summed E-state index contributed by atoms with van der Waals surface area (Å²) in [4.78, 5) is 13.8. The van der Waals surface area contributed by atoms with Crippen molar-refractivity contribution >= 4 is 33.5 Å². The predicted octanol–water partition coefficient (Wildman–Crippen LogP) is 5.46. The van der Waals surface area contributed by atoms with E-state index in [0.717, 1.165) is 17.9 Å². The van der Waals surface area contributed by atoms with Gasteiger partial charge in [0.1, 0.15) is 18.2 Å². The average molecular weight is 360 g/mol. The van der Waals surface area contributed by atoms with E-state index in [1.54, 1.807) is 17.7 Å². The molecule has 2 aromatic heterocycles. The first kappa shape index (κ1) is 15.6. The highest BCUT2D eigenvalue weighted by Crippen LogP contribution is 2.56. The normalized spacial score (nSPS) is 23.3. The maximum atomic E-state index is 4.66. The summed E-state index contributed by atoms with van der Waals surface area (Å²) >= 11 is 1.76. The van der Waals surface area contributed by atoms with Crippen LogP contribution in [0.25, 0.3) is 0 Å². The van der Waals surface area contributed by atoms with E-state index in [0.29, 0.717) is 11.8 Å². The molecule has 0 saturated heterocycles. The van der Waals surface area contributed by atoms with E-state index < -0.39 is 0 Å². The van der Waals surface area contributed by atoms with Gasteiger partial charge in [-0.15, -0.1) is 17.9 Å². The number of anilines is 4. The minimum atomic E-state index is 0.195. The lowest BCUT2D eigenvalue weighted by atomic mass is 9.78. The first-order valence-electron chi connectivity index (χ1n) is 8.93. The van der Waals surface area contributed by atoms with Crippen molar-refractivity contribution in [3.8, 4) is 0 Å². The number of aromatic nitrogens is 2. The molecule has 4 nitrogen and oxygen atoms in total. The summed E-state index contributed by atoms with van der Waals surface area (Å²) in [6.45, 7) is 6.36. The average Bonchev–Trinajstić information content (AvgIpc) is 3.31. The molecule has 0 amide bonds. The van der Waals surface area contributed by atoms with Gasteiger partial charge in [0, 0.05) is 11.6 Å². The fourth-order valence-electron chi connectivity index (χ4n) is 4.47. The fourth-order valence-corrected chi connectivity index (χ4v) is 5.23. The number of para-hydroxylation sites is 1. The van der Waals surface area contributed by atoms with Crippen LogP contribution in [0.5, 0.6) is 0 Å². The number of allylic oxidation sites excluding steroid dienone is 1. The van der Waals surface area contributed by atoms with Gasteiger partial charge in [0.05, 0.1) is 11.2 Å². The summed E-state index contributed by atoms with van der Waals surface area (Å²) in [6, 6.07) is 13.0. The van der Waals surface area contributed by atoms with Gasteiger partial charge in [0.15, 0.2) is 5.82 Å². The number of benzene rings is 1. The summed E-state index contributed by atoms with van der Waals surface area (Å²) in [5.41, 5.74) is 3.73. The summed E-state index contributed by atoms with van der Waals surface area (Å²) in [7, 11) is 0. The molecular formula is C21H20N4S. The van der Waals surface area contributed by atoms with Crippen LogP contribution in [-0.2, 0) is 0 Å². The molecule has 0 N–H and O–H groups in total. The SMILES string of the molecule is C=CCC1c2ccccc2N2c3cncnc3N(c3cccs3)C2C1C. The Bertz CT molecular complexity index is 952. The minimum Gasteiger partial charge on any atom is -0.315 e. The molecule has 3 unspecified atom stereocenters. The summed E-state index contributed by atoms with van der Waals surface area (Å²) < 4.78 is 0. The Hall–Kier alpha value is -2.66. The molecule has 3 aromatic rings. The molecule has 0 spiro atoms. The monoisotopic (exact) mass is 360 g/mol. The van der Waals surface area contributed by atoms with E-state index in [1.807, 2.05) is 12.3 Å². The van der Waals surface area contributed by atoms with Gasteiger partial charge in [-0.2, -0.15) is 0 Å². The Labute approximate surface area is 157 Å². The van der Waals surface area contributed by atoms with Crippen LogP contribution in [0.15, 0.2) is 67.0 Å². The van der Waals surface area contributed by atoms with Crippen LogP contribution in [-0.4, -0.2) is 16.1 Å². The summed E-state index contributed by atoms with van der Waals surface area (Å²) in [5.74, 6) is 1.85. The molecule has 4 heterocycles. The van der Waals surface area contributed by atoms with Gasteiger partial charge >= 0.3 is 0 Å². The lowest BCUT2D eigenvalue weighted by molar-refractivity contribution is 0.369. The fraction of sp³-hybridized carbons (Fsp3) is 0.238. The molecule has 130 valence electrons. The maximum Gasteiger partial charge on any atom is 0.162 e. The zero-order chi connectivity index (χ0) is 17.7. The first-order valence-corrected chi connectivity index (χ1v) is 9.81. The molecule has 0 bridgehead atoms.